The molecule has 7 heteroatoms. The second-order valence-electron chi connectivity index (χ2n) is 7.30. The topological polar surface area (TPSA) is 83.6 Å². The summed E-state index contributed by atoms with van der Waals surface area (Å²) in [6.07, 6.45) is 4.92. The summed E-state index contributed by atoms with van der Waals surface area (Å²) in [6.45, 7) is 1.17. The average molecular weight is 404 g/mol. The number of ether oxygens (including phenoxy) is 1. The van der Waals surface area contributed by atoms with Gasteiger partial charge in [0.05, 0.1) is 12.8 Å². The number of amides is 3. The number of nitrogens with one attached hydrogen (secondary N) is 2. The van der Waals surface area contributed by atoms with E-state index in [1.807, 2.05) is 24.3 Å². The van der Waals surface area contributed by atoms with Gasteiger partial charge in [-0.3, -0.25) is 9.78 Å². The number of anilines is 1. The summed E-state index contributed by atoms with van der Waals surface area (Å²) in [7, 11) is 1.58. The third kappa shape index (κ3) is 4.35. The van der Waals surface area contributed by atoms with Gasteiger partial charge in [-0.25, -0.2) is 4.79 Å². The average Bonchev–Trinajstić information content (AvgIpc) is 2.80. The van der Waals surface area contributed by atoms with Crippen molar-refractivity contribution in [3.8, 4) is 5.75 Å². The number of nitrogens with zero attached hydrogens (tertiary/aromatic N) is 2. The third-order valence-electron chi connectivity index (χ3n) is 5.37. The zero-order valence-electron chi connectivity index (χ0n) is 16.8. The summed E-state index contributed by atoms with van der Waals surface area (Å²) in [6, 6.07) is 14.6. The number of carbonyl (C=O) groups excluding carboxylic acids is 2. The Hall–Kier alpha value is -3.61. The van der Waals surface area contributed by atoms with Gasteiger partial charge in [-0.2, -0.15) is 0 Å². The van der Waals surface area contributed by atoms with Crippen LogP contribution < -0.4 is 15.4 Å². The Morgan fingerprint density at radius 1 is 1.10 bits per heavy atom. The van der Waals surface area contributed by atoms with E-state index < -0.39 is 0 Å². The molecule has 0 spiro atoms. The van der Waals surface area contributed by atoms with Crippen LogP contribution in [0, 0.1) is 0 Å². The molecular formula is C23H24N4O3. The van der Waals surface area contributed by atoms with Crippen LogP contribution in [0.25, 0.3) is 10.8 Å². The van der Waals surface area contributed by atoms with Gasteiger partial charge >= 0.3 is 6.03 Å². The number of hydrogen-bond donors (Lipinski definition) is 2. The van der Waals surface area contributed by atoms with Gasteiger partial charge in [-0.1, -0.05) is 18.2 Å². The highest BCUT2D eigenvalue weighted by Gasteiger charge is 2.24. The fourth-order valence-electron chi connectivity index (χ4n) is 3.69. The summed E-state index contributed by atoms with van der Waals surface area (Å²) in [4.78, 5) is 31.1. The summed E-state index contributed by atoms with van der Waals surface area (Å²) in [5.74, 6) is 0.527. The summed E-state index contributed by atoms with van der Waals surface area (Å²) < 4.78 is 5.18. The van der Waals surface area contributed by atoms with Crippen LogP contribution in [0.4, 0.5) is 10.5 Å². The van der Waals surface area contributed by atoms with Crippen LogP contribution in [-0.2, 0) is 0 Å². The Morgan fingerprint density at radius 2 is 1.90 bits per heavy atom. The Morgan fingerprint density at radius 3 is 2.70 bits per heavy atom. The molecule has 1 aromatic heterocycles. The molecule has 0 unspecified atom stereocenters. The predicted octanol–water partition coefficient (Wildman–Crippen LogP) is 3.67. The summed E-state index contributed by atoms with van der Waals surface area (Å²) >= 11 is 0. The Balaban J connectivity index is 1.32. The smallest absolute Gasteiger partial charge is 0.321 e. The molecule has 30 heavy (non-hydrogen) atoms. The van der Waals surface area contributed by atoms with E-state index in [4.69, 9.17) is 4.74 Å². The number of methoxy groups -OCH3 is 1. The van der Waals surface area contributed by atoms with Crippen LogP contribution in [0.3, 0.4) is 0 Å². The minimum atomic E-state index is -0.128. The minimum absolute atomic E-state index is 0.0383. The SMILES string of the molecule is COc1cccc(C(=O)NC2CCN(C(=O)Nc3cccc4cnccc34)CC2)c1. The van der Waals surface area contributed by atoms with Gasteiger partial charge in [0.15, 0.2) is 0 Å². The maximum Gasteiger partial charge on any atom is 0.321 e. The van der Waals surface area contributed by atoms with E-state index in [0.717, 1.165) is 16.5 Å². The zero-order valence-corrected chi connectivity index (χ0v) is 16.8. The summed E-state index contributed by atoms with van der Waals surface area (Å²) in [5.41, 5.74) is 1.34. The summed E-state index contributed by atoms with van der Waals surface area (Å²) in [5, 5.41) is 8.01. The molecule has 0 bridgehead atoms. The molecule has 1 saturated heterocycles. The van der Waals surface area contributed by atoms with Crippen molar-refractivity contribution >= 4 is 28.4 Å². The van der Waals surface area contributed by atoms with Crippen molar-refractivity contribution in [3.63, 3.8) is 0 Å². The first-order valence-corrected chi connectivity index (χ1v) is 9.97. The van der Waals surface area contributed by atoms with E-state index in [-0.39, 0.29) is 18.0 Å². The first-order valence-electron chi connectivity index (χ1n) is 9.97. The molecule has 2 aromatic carbocycles. The molecule has 0 aliphatic carbocycles. The van der Waals surface area contributed by atoms with Crippen LogP contribution in [0.15, 0.2) is 60.9 Å². The number of carbonyl (C=O) groups is 2. The number of pyridine rings is 1. The lowest BCUT2D eigenvalue weighted by molar-refractivity contribution is 0.0919. The van der Waals surface area contributed by atoms with Crippen LogP contribution in [0.5, 0.6) is 5.75 Å². The van der Waals surface area contributed by atoms with E-state index in [9.17, 15) is 9.59 Å². The van der Waals surface area contributed by atoms with E-state index in [0.29, 0.717) is 37.2 Å². The zero-order chi connectivity index (χ0) is 20.9. The molecular weight excluding hydrogens is 380 g/mol. The van der Waals surface area contributed by atoms with Gasteiger partial charge in [0, 0.05) is 47.9 Å². The van der Waals surface area contributed by atoms with E-state index in [1.165, 1.54) is 0 Å². The van der Waals surface area contributed by atoms with Gasteiger partial charge in [-0.15, -0.1) is 0 Å². The third-order valence-corrected chi connectivity index (χ3v) is 5.37. The highest BCUT2D eigenvalue weighted by atomic mass is 16.5. The molecule has 0 saturated carbocycles. The number of rotatable bonds is 4. The fourth-order valence-corrected chi connectivity index (χ4v) is 3.69. The predicted molar refractivity (Wildman–Crippen MR) is 116 cm³/mol. The Labute approximate surface area is 175 Å². The fraction of sp³-hybridized carbons (Fsp3) is 0.261. The maximum absolute atomic E-state index is 12.7. The second kappa shape index (κ2) is 8.82. The van der Waals surface area contributed by atoms with E-state index in [2.05, 4.69) is 15.6 Å². The monoisotopic (exact) mass is 404 g/mol. The highest BCUT2D eigenvalue weighted by molar-refractivity contribution is 6.01. The molecule has 1 fully saturated rings. The second-order valence-corrected chi connectivity index (χ2v) is 7.30. The standard InChI is InChI=1S/C23H24N4O3/c1-30-19-6-2-4-16(14-19)22(28)25-18-9-12-27(13-10-18)23(29)26-21-7-3-5-17-15-24-11-8-20(17)21/h2-8,11,14-15,18H,9-10,12-13H2,1H3,(H,25,28)(H,26,29). The van der Waals surface area contributed by atoms with Gasteiger partial charge in [-0.05, 0) is 43.2 Å². The molecule has 2 heterocycles. The number of benzene rings is 2. The molecule has 0 atom stereocenters. The molecule has 3 aromatic rings. The van der Waals surface area contributed by atoms with Gasteiger partial charge < -0.3 is 20.3 Å². The van der Waals surface area contributed by atoms with Crippen molar-refractivity contribution in [3.05, 3.63) is 66.5 Å². The van der Waals surface area contributed by atoms with Crippen LogP contribution in [0.2, 0.25) is 0 Å². The van der Waals surface area contributed by atoms with Crippen molar-refractivity contribution in [2.24, 2.45) is 0 Å². The van der Waals surface area contributed by atoms with Crippen molar-refractivity contribution in [2.45, 2.75) is 18.9 Å². The van der Waals surface area contributed by atoms with Gasteiger partial charge in [0.2, 0.25) is 0 Å². The quantitative estimate of drug-likeness (QED) is 0.695. The van der Waals surface area contributed by atoms with Crippen molar-refractivity contribution in [2.75, 3.05) is 25.5 Å². The minimum Gasteiger partial charge on any atom is -0.497 e. The van der Waals surface area contributed by atoms with Crippen LogP contribution in [0.1, 0.15) is 23.2 Å². The molecule has 1 aliphatic rings. The highest BCUT2D eigenvalue weighted by Crippen LogP contribution is 2.23. The van der Waals surface area contributed by atoms with Crippen LogP contribution in [-0.4, -0.2) is 48.1 Å². The largest absolute Gasteiger partial charge is 0.497 e. The molecule has 3 amide bonds. The normalized spacial score (nSPS) is 14.4. The van der Waals surface area contributed by atoms with Crippen molar-refractivity contribution < 1.29 is 14.3 Å². The Kier molecular flexibility index (Phi) is 5.79. The van der Waals surface area contributed by atoms with E-state index >= 15 is 0 Å². The van der Waals surface area contributed by atoms with Crippen LogP contribution >= 0.6 is 0 Å². The molecule has 1 aliphatic heterocycles. The first-order chi connectivity index (χ1) is 14.6. The number of urea groups is 1. The number of hydrogen-bond acceptors (Lipinski definition) is 4. The lowest BCUT2D eigenvalue weighted by atomic mass is 10.0. The van der Waals surface area contributed by atoms with Gasteiger partial charge in [0.1, 0.15) is 5.75 Å². The molecule has 154 valence electrons. The molecule has 7 nitrogen and oxygen atoms in total. The lowest BCUT2D eigenvalue weighted by Gasteiger charge is -2.32. The molecule has 0 radical (unpaired) electrons. The van der Waals surface area contributed by atoms with Gasteiger partial charge in [0.25, 0.3) is 5.91 Å². The van der Waals surface area contributed by atoms with Crippen molar-refractivity contribution in [1.82, 2.24) is 15.2 Å². The molecule has 2 N–H and O–H groups in total. The number of piperidine rings is 1. The lowest BCUT2D eigenvalue weighted by Crippen LogP contribution is -2.47. The molecule has 4 rings (SSSR count). The Bertz CT molecular complexity index is 1060. The van der Waals surface area contributed by atoms with Crippen molar-refractivity contribution in [1.29, 1.82) is 0 Å². The number of aromatic nitrogens is 1. The maximum atomic E-state index is 12.7. The number of likely N-dealkylation sites (tertiary alicyclic amines) is 1. The van der Waals surface area contributed by atoms with E-state index in [1.54, 1.807) is 48.7 Å². The number of fused-ring (bicyclic) bond motifs is 1. The first kappa shape index (κ1) is 19.7.